The summed E-state index contributed by atoms with van der Waals surface area (Å²) in [7, 11) is 0. The van der Waals surface area contributed by atoms with E-state index < -0.39 is 12.0 Å². The van der Waals surface area contributed by atoms with Crippen molar-refractivity contribution < 1.29 is 24.2 Å². The fraction of sp³-hybridized carbons (Fsp3) is 0.816. The molecule has 0 bridgehead atoms. The Labute approximate surface area is 276 Å². The molecule has 0 rings (SSSR count). The second-order valence-corrected chi connectivity index (χ2v) is 12.6. The Morgan fingerprint density at radius 2 is 1.16 bits per heavy atom. The molecule has 45 heavy (non-hydrogen) atoms. The Morgan fingerprint density at radius 3 is 1.76 bits per heavy atom. The van der Waals surface area contributed by atoms with Crippen molar-refractivity contribution in [3.8, 4) is 0 Å². The van der Waals surface area contributed by atoms with Crippen LogP contribution in [0.15, 0.2) is 24.3 Å². The SMILES string of the molecule is CCCCCC/C=C\C(CCCCCCC(=O)NC(CCCN)C(=O)O)OC(=O)CCCCCCC/C=C\CCCCCCC. The zero-order chi connectivity index (χ0) is 33.2. The van der Waals surface area contributed by atoms with Crippen molar-refractivity contribution in [3.63, 3.8) is 0 Å². The molecule has 0 aromatic carbocycles. The molecule has 262 valence electrons. The van der Waals surface area contributed by atoms with Gasteiger partial charge in [0.2, 0.25) is 5.91 Å². The Kier molecular flexibility index (Phi) is 31.6. The van der Waals surface area contributed by atoms with Crippen LogP contribution in [0.1, 0.15) is 181 Å². The van der Waals surface area contributed by atoms with Crippen LogP contribution in [0, 0.1) is 0 Å². The monoisotopic (exact) mass is 635 g/mol. The minimum Gasteiger partial charge on any atom is -0.480 e. The first-order valence-electron chi connectivity index (χ1n) is 18.7. The Morgan fingerprint density at radius 1 is 0.644 bits per heavy atom. The van der Waals surface area contributed by atoms with Crippen molar-refractivity contribution in [2.45, 2.75) is 193 Å². The lowest BCUT2D eigenvalue weighted by Crippen LogP contribution is -2.40. The topological polar surface area (TPSA) is 119 Å². The molecule has 0 saturated carbocycles. The second-order valence-electron chi connectivity index (χ2n) is 12.6. The predicted molar refractivity (Wildman–Crippen MR) is 188 cm³/mol. The zero-order valence-electron chi connectivity index (χ0n) is 29.2. The lowest BCUT2D eigenvalue weighted by atomic mass is 10.1. The number of carbonyl (C=O) groups is 3. The van der Waals surface area contributed by atoms with Crippen LogP contribution < -0.4 is 11.1 Å². The normalized spacial score (nSPS) is 13.0. The van der Waals surface area contributed by atoms with E-state index >= 15 is 0 Å². The van der Waals surface area contributed by atoms with Crippen LogP contribution in [0.4, 0.5) is 0 Å². The van der Waals surface area contributed by atoms with Crippen LogP contribution in [0.5, 0.6) is 0 Å². The van der Waals surface area contributed by atoms with Crippen LogP contribution in [-0.2, 0) is 19.1 Å². The van der Waals surface area contributed by atoms with Gasteiger partial charge in [0.05, 0.1) is 0 Å². The summed E-state index contributed by atoms with van der Waals surface area (Å²) in [5.74, 6) is -1.34. The van der Waals surface area contributed by atoms with Gasteiger partial charge >= 0.3 is 11.9 Å². The highest BCUT2D eigenvalue weighted by Gasteiger charge is 2.19. The maximum atomic E-state index is 12.6. The third-order valence-corrected chi connectivity index (χ3v) is 8.22. The van der Waals surface area contributed by atoms with Gasteiger partial charge in [-0.2, -0.15) is 0 Å². The predicted octanol–water partition coefficient (Wildman–Crippen LogP) is 9.72. The number of unbranched alkanes of at least 4 members (excludes halogenated alkanes) is 17. The van der Waals surface area contributed by atoms with E-state index in [1.807, 2.05) is 0 Å². The highest BCUT2D eigenvalue weighted by molar-refractivity contribution is 5.83. The van der Waals surface area contributed by atoms with Gasteiger partial charge in [-0.1, -0.05) is 109 Å². The van der Waals surface area contributed by atoms with E-state index in [0.29, 0.717) is 38.6 Å². The van der Waals surface area contributed by atoms with E-state index in [4.69, 9.17) is 10.5 Å². The number of allylic oxidation sites excluding steroid dienone is 3. The van der Waals surface area contributed by atoms with Crippen LogP contribution in [0.3, 0.4) is 0 Å². The molecule has 0 spiro atoms. The van der Waals surface area contributed by atoms with Crippen molar-refractivity contribution in [2.24, 2.45) is 5.73 Å². The number of carboxylic acid groups (broad SMARTS) is 1. The Bertz CT molecular complexity index is 767. The molecule has 0 aliphatic heterocycles. The average molecular weight is 635 g/mol. The van der Waals surface area contributed by atoms with Crippen molar-refractivity contribution in [3.05, 3.63) is 24.3 Å². The smallest absolute Gasteiger partial charge is 0.326 e. The lowest BCUT2D eigenvalue weighted by Gasteiger charge is -2.15. The van der Waals surface area contributed by atoms with Crippen molar-refractivity contribution >= 4 is 17.8 Å². The van der Waals surface area contributed by atoms with Crippen LogP contribution in [0.25, 0.3) is 0 Å². The molecule has 0 heterocycles. The van der Waals surface area contributed by atoms with Gasteiger partial charge in [-0.3, -0.25) is 9.59 Å². The number of carbonyl (C=O) groups excluding carboxylic acids is 2. The van der Waals surface area contributed by atoms with Gasteiger partial charge in [-0.25, -0.2) is 4.79 Å². The maximum absolute atomic E-state index is 12.6. The standard InChI is InChI=1S/C38H70N2O5/c1-3-5-7-9-11-12-13-14-15-16-17-18-20-26-32-37(42)45-34(28-23-19-10-8-6-4-2)29-24-21-22-25-31-36(41)40-35(38(43)44)30-27-33-39/h13-14,23,28,34-35H,3-12,15-22,24-27,29-33,39H2,1-2H3,(H,40,41)(H,43,44)/b14-13-,28-23-. The summed E-state index contributed by atoms with van der Waals surface area (Å²) in [4.78, 5) is 36.1. The summed E-state index contributed by atoms with van der Waals surface area (Å²) in [5.41, 5.74) is 5.46. The van der Waals surface area contributed by atoms with E-state index in [2.05, 4.69) is 43.5 Å². The van der Waals surface area contributed by atoms with Crippen LogP contribution >= 0.6 is 0 Å². The molecule has 0 aliphatic carbocycles. The molecule has 2 unspecified atom stereocenters. The van der Waals surface area contributed by atoms with Gasteiger partial charge < -0.3 is 20.9 Å². The van der Waals surface area contributed by atoms with E-state index in [-0.39, 0.29) is 18.0 Å². The third-order valence-electron chi connectivity index (χ3n) is 8.22. The van der Waals surface area contributed by atoms with Crippen LogP contribution in [-0.4, -0.2) is 41.6 Å². The zero-order valence-corrected chi connectivity index (χ0v) is 29.2. The molecule has 4 N–H and O–H groups in total. The molecule has 0 aromatic rings. The van der Waals surface area contributed by atoms with Gasteiger partial charge in [0.1, 0.15) is 12.1 Å². The van der Waals surface area contributed by atoms with Gasteiger partial charge in [0.25, 0.3) is 0 Å². The number of esters is 1. The number of nitrogens with one attached hydrogen (secondary N) is 1. The quantitative estimate of drug-likeness (QED) is 0.0376. The Balaban J connectivity index is 4.24. The molecule has 2 atom stereocenters. The first-order chi connectivity index (χ1) is 21.9. The molecular formula is C38H70N2O5. The van der Waals surface area contributed by atoms with Crippen molar-refractivity contribution in [2.75, 3.05) is 6.54 Å². The third kappa shape index (κ3) is 30.3. The minimum atomic E-state index is -1.02. The molecule has 7 nitrogen and oxygen atoms in total. The summed E-state index contributed by atoms with van der Waals surface area (Å²) in [5, 5.41) is 11.9. The molecule has 0 fully saturated rings. The molecule has 7 heteroatoms. The van der Waals surface area contributed by atoms with Gasteiger partial charge in [-0.05, 0) is 89.7 Å². The first-order valence-corrected chi connectivity index (χ1v) is 18.7. The number of carboxylic acids is 1. The molecule has 0 radical (unpaired) electrons. The summed E-state index contributed by atoms with van der Waals surface area (Å²) in [6.45, 7) is 4.87. The number of nitrogens with two attached hydrogens (primary N) is 1. The van der Waals surface area contributed by atoms with Crippen LogP contribution in [0.2, 0.25) is 0 Å². The maximum Gasteiger partial charge on any atom is 0.326 e. The molecule has 0 aromatic heterocycles. The molecular weight excluding hydrogens is 564 g/mol. The van der Waals surface area contributed by atoms with E-state index in [1.54, 1.807) is 0 Å². The van der Waals surface area contributed by atoms with Crippen molar-refractivity contribution in [1.82, 2.24) is 5.32 Å². The summed E-state index contributed by atoms with van der Waals surface area (Å²) >= 11 is 0. The number of ether oxygens (including phenoxy) is 1. The highest BCUT2D eigenvalue weighted by atomic mass is 16.5. The lowest BCUT2D eigenvalue weighted by molar-refractivity contribution is -0.147. The fourth-order valence-electron chi connectivity index (χ4n) is 5.35. The summed E-state index contributed by atoms with van der Waals surface area (Å²) in [6.07, 6.45) is 35.2. The van der Waals surface area contributed by atoms with E-state index in [0.717, 1.165) is 57.8 Å². The fourth-order valence-corrected chi connectivity index (χ4v) is 5.35. The van der Waals surface area contributed by atoms with Gasteiger partial charge in [0.15, 0.2) is 0 Å². The minimum absolute atomic E-state index is 0.100. The average Bonchev–Trinajstić information content (AvgIpc) is 3.02. The van der Waals surface area contributed by atoms with Gasteiger partial charge in [0, 0.05) is 12.8 Å². The molecule has 1 amide bonds. The second kappa shape index (κ2) is 33.2. The number of hydrogen-bond acceptors (Lipinski definition) is 5. The van der Waals surface area contributed by atoms with E-state index in [1.165, 1.54) is 77.0 Å². The van der Waals surface area contributed by atoms with Gasteiger partial charge in [-0.15, -0.1) is 0 Å². The number of amides is 1. The Hall–Kier alpha value is -2.15. The first kappa shape index (κ1) is 42.9. The molecule has 0 aliphatic rings. The number of hydrogen-bond donors (Lipinski definition) is 3. The van der Waals surface area contributed by atoms with Crippen molar-refractivity contribution in [1.29, 1.82) is 0 Å². The number of rotatable bonds is 33. The number of aliphatic carboxylic acids is 1. The van der Waals surface area contributed by atoms with E-state index in [9.17, 15) is 19.5 Å². The highest BCUT2D eigenvalue weighted by Crippen LogP contribution is 2.15. The largest absolute Gasteiger partial charge is 0.480 e. The molecule has 0 saturated heterocycles. The summed E-state index contributed by atoms with van der Waals surface area (Å²) in [6, 6.07) is -0.868. The summed E-state index contributed by atoms with van der Waals surface area (Å²) < 4.78 is 5.87.